The fourth-order valence-electron chi connectivity index (χ4n) is 1.67. The third-order valence-electron chi connectivity index (χ3n) is 2.69. The van der Waals surface area contributed by atoms with E-state index in [1.54, 1.807) is 23.9 Å². The zero-order valence-corrected chi connectivity index (χ0v) is 12.5. The topological polar surface area (TPSA) is 38.0 Å². The maximum atomic E-state index is 12.9. The number of benzene rings is 2. The van der Waals surface area contributed by atoms with Crippen molar-refractivity contribution in [3.63, 3.8) is 0 Å². The fourth-order valence-corrected chi connectivity index (χ4v) is 3.26. The van der Waals surface area contributed by atoms with Crippen molar-refractivity contribution in [2.75, 3.05) is 5.75 Å². The highest BCUT2D eigenvalue weighted by molar-refractivity contribution is 9.10. The fraction of sp³-hybridized carbons (Fsp3) is 0.143. The molecule has 5 heteroatoms. The maximum absolute atomic E-state index is 12.9. The second-order valence-electron chi connectivity index (χ2n) is 4.04. The maximum Gasteiger partial charge on any atom is 0.123 e. The van der Waals surface area contributed by atoms with Gasteiger partial charge in [-0.2, -0.15) is 0 Å². The Morgan fingerprint density at radius 2 is 1.95 bits per heavy atom. The van der Waals surface area contributed by atoms with E-state index in [-0.39, 0.29) is 11.9 Å². The van der Waals surface area contributed by atoms with Crippen molar-refractivity contribution in [3.8, 4) is 0 Å². The molecule has 0 aromatic heterocycles. The van der Waals surface area contributed by atoms with Gasteiger partial charge in [0.2, 0.25) is 0 Å². The first-order valence-electron chi connectivity index (χ1n) is 5.79. The van der Waals surface area contributed by atoms with E-state index in [4.69, 9.17) is 5.84 Å². The van der Waals surface area contributed by atoms with Crippen molar-refractivity contribution in [2.24, 2.45) is 5.84 Å². The normalized spacial score (nSPS) is 12.4. The van der Waals surface area contributed by atoms with E-state index in [1.807, 2.05) is 18.2 Å². The summed E-state index contributed by atoms with van der Waals surface area (Å²) in [5.41, 5.74) is 3.75. The zero-order valence-electron chi connectivity index (χ0n) is 10.1. The van der Waals surface area contributed by atoms with Gasteiger partial charge in [0.1, 0.15) is 5.82 Å². The molecule has 0 aliphatic carbocycles. The Labute approximate surface area is 124 Å². The SMILES string of the molecule is NNC(CSc1cccc(Br)c1)c1ccc(F)cc1. The monoisotopic (exact) mass is 340 g/mol. The van der Waals surface area contributed by atoms with Crippen molar-refractivity contribution < 1.29 is 4.39 Å². The average molecular weight is 341 g/mol. The van der Waals surface area contributed by atoms with Crippen molar-refractivity contribution >= 4 is 27.7 Å². The molecule has 1 unspecified atom stereocenters. The van der Waals surface area contributed by atoms with Gasteiger partial charge in [-0.25, -0.2) is 4.39 Å². The van der Waals surface area contributed by atoms with Crippen LogP contribution in [0.3, 0.4) is 0 Å². The van der Waals surface area contributed by atoms with Crippen LogP contribution in [-0.4, -0.2) is 5.75 Å². The number of rotatable bonds is 5. The molecule has 0 amide bonds. The van der Waals surface area contributed by atoms with Gasteiger partial charge < -0.3 is 0 Å². The van der Waals surface area contributed by atoms with Crippen molar-refractivity contribution in [3.05, 3.63) is 64.4 Å². The van der Waals surface area contributed by atoms with Gasteiger partial charge in [0.05, 0.1) is 6.04 Å². The Kier molecular flexibility index (Phi) is 5.39. The molecule has 0 saturated carbocycles. The summed E-state index contributed by atoms with van der Waals surface area (Å²) >= 11 is 5.14. The van der Waals surface area contributed by atoms with Gasteiger partial charge in [-0.1, -0.05) is 34.1 Å². The summed E-state index contributed by atoms with van der Waals surface area (Å²) in [6, 6.07) is 14.5. The van der Waals surface area contributed by atoms with Crippen LogP contribution in [0.25, 0.3) is 0 Å². The molecule has 0 aliphatic heterocycles. The standard InChI is InChI=1S/C14H14BrFN2S/c15-11-2-1-3-13(8-11)19-9-14(18-17)10-4-6-12(16)7-5-10/h1-8,14,18H,9,17H2. The Morgan fingerprint density at radius 1 is 1.21 bits per heavy atom. The van der Waals surface area contributed by atoms with Crippen LogP contribution in [0.5, 0.6) is 0 Å². The molecule has 0 radical (unpaired) electrons. The van der Waals surface area contributed by atoms with Crippen LogP contribution >= 0.6 is 27.7 Å². The lowest BCUT2D eigenvalue weighted by Gasteiger charge is -2.16. The van der Waals surface area contributed by atoms with Crippen LogP contribution in [0.1, 0.15) is 11.6 Å². The molecule has 0 spiro atoms. The molecule has 0 saturated heterocycles. The molecule has 2 aromatic carbocycles. The molecule has 0 bridgehead atoms. The number of hydrogen-bond acceptors (Lipinski definition) is 3. The van der Waals surface area contributed by atoms with Crippen molar-refractivity contribution in [2.45, 2.75) is 10.9 Å². The summed E-state index contributed by atoms with van der Waals surface area (Å²) in [6.07, 6.45) is 0. The Balaban J connectivity index is 2.01. The lowest BCUT2D eigenvalue weighted by molar-refractivity contribution is 0.601. The second kappa shape index (κ2) is 7.05. The van der Waals surface area contributed by atoms with Crippen molar-refractivity contribution in [1.82, 2.24) is 5.43 Å². The van der Waals surface area contributed by atoms with Gasteiger partial charge in [0.25, 0.3) is 0 Å². The third kappa shape index (κ3) is 4.31. The summed E-state index contributed by atoms with van der Waals surface area (Å²) in [5, 5.41) is 0. The minimum absolute atomic E-state index is 0.00965. The van der Waals surface area contributed by atoms with E-state index in [0.717, 1.165) is 20.7 Å². The first-order valence-corrected chi connectivity index (χ1v) is 7.57. The Bertz CT molecular complexity index is 533. The zero-order chi connectivity index (χ0) is 13.7. The van der Waals surface area contributed by atoms with E-state index in [1.165, 1.54) is 12.1 Å². The van der Waals surface area contributed by atoms with Gasteiger partial charge in [-0.15, -0.1) is 11.8 Å². The molecule has 2 nitrogen and oxygen atoms in total. The molecule has 100 valence electrons. The smallest absolute Gasteiger partial charge is 0.123 e. The van der Waals surface area contributed by atoms with Crippen LogP contribution < -0.4 is 11.3 Å². The number of hydrazine groups is 1. The minimum Gasteiger partial charge on any atom is -0.271 e. The highest BCUT2D eigenvalue weighted by Crippen LogP contribution is 2.26. The number of thioether (sulfide) groups is 1. The molecular formula is C14H14BrFN2S. The lowest BCUT2D eigenvalue weighted by Crippen LogP contribution is -2.29. The molecule has 3 N–H and O–H groups in total. The van der Waals surface area contributed by atoms with Crippen LogP contribution in [0, 0.1) is 5.82 Å². The van der Waals surface area contributed by atoms with Gasteiger partial charge in [-0.05, 0) is 35.9 Å². The molecule has 19 heavy (non-hydrogen) atoms. The summed E-state index contributed by atoms with van der Waals surface area (Å²) in [4.78, 5) is 1.16. The molecular weight excluding hydrogens is 327 g/mol. The van der Waals surface area contributed by atoms with E-state index in [0.29, 0.717) is 0 Å². The number of halogens is 2. The van der Waals surface area contributed by atoms with Crippen molar-refractivity contribution in [1.29, 1.82) is 0 Å². The predicted octanol–water partition coefficient (Wildman–Crippen LogP) is 3.88. The first kappa shape index (κ1) is 14.5. The van der Waals surface area contributed by atoms with E-state index in [9.17, 15) is 4.39 Å². The third-order valence-corrected chi connectivity index (χ3v) is 4.27. The Hall–Kier alpha value is -0.880. The number of nitrogens with one attached hydrogen (secondary N) is 1. The summed E-state index contributed by atoms with van der Waals surface area (Å²) in [6.45, 7) is 0. The highest BCUT2D eigenvalue weighted by Gasteiger charge is 2.10. The first-order chi connectivity index (χ1) is 9.19. The van der Waals surface area contributed by atoms with Gasteiger partial charge >= 0.3 is 0 Å². The van der Waals surface area contributed by atoms with Crippen LogP contribution in [-0.2, 0) is 0 Å². The average Bonchev–Trinajstić information content (AvgIpc) is 2.41. The highest BCUT2D eigenvalue weighted by atomic mass is 79.9. The van der Waals surface area contributed by atoms with Crippen LogP contribution in [0.4, 0.5) is 4.39 Å². The molecule has 0 aliphatic rings. The molecule has 2 rings (SSSR count). The minimum atomic E-state index is -0.237. The van der Waals surface area contributed by atoms with Crippen LogP contribution in [0.2, 0.25) is 0 Å². The molecule has 2 aromatic rings. The predicted molar refractivity (Wildman–Crippen MR) is 81.3 cm³/mol. The quantitative estimate of drug-likeness (QED) is 0.492. The van der Waals surface area contributed by atoms with E-state index < -0.39 is 0 Å². The van der Waals surface area contributed by atoms with E-state index >= 15 is 0 Å². The van der Waals surface area contributed by atoms with Gasteiger partial charge in [0, 0.05) is 15.1 Å². The number of hydrogen-bond donors (Lipinski definition) is 2. The summed E-state index contributed by atoms with van der Waals surface area (Å²) in [7, 11) is 0. The van der Waals surface area contributed by atoms with Crippen LogP contribution in [0.15, 0.2) is 57.9 Å². The lowest BCUT2D eigenvalue weighted by atomic mass is 10.1. The second-order valence-corrected chi connectivity index (χ2v) is 6.05. The summed E-state index contributed by atoms with van der Waals surface area (Å²) in [5.74, 6) is 6.11. The number of nitrogens with two attached hydrogens (primary N) is 1. The Morgan fingerprint density at radius 3 is 2.58 bits per heavy atom. The largest absolute Gasteiger partial charge is 0.271 e. The van der Waals surface area contributed by atoms with E-state index in [2.05, 4.69) is 27.4 Å². The molecule has 0 heterocycles. The van der Waals surface area contributed by atoms with Gasteiger partial charge in [-0.3, -0.25) is 11.3 Å². The molecule has 0 fully saturated rings. The van der Waals surface area contributed by atoms with Gasteiger partial charge in [0.15, 0.2) is 0 Å². The summed E-state index contributed by atoms with van der Waals surface area (Å²) < 4.78 is 13.9. The molecule has 1 atom stereocenters.